The van der Waals surface area contributed by atoms with E-state index in [0.29, 0.717) is 11.4 Å². The number of ether oxygens (including phenoxy) is 2. The standard InChI is InChI=1S/C23H26FN3O10P2S/c24-19-11-16(3-6-20(19)26-7-9-40-10-8-26)27-14-18(37-22(27)29)13-25-21(28)36-17-4-1-15(2-5-17)12-23(30,38(31)32)39(33,34)35/h1-6,11,18,30H,7-10,12-14H2,(H3-,25,28,31,32,33,34,35)/p+1/t18-,23?/m0/s1. The quantitative estimate of drug-likeness (QED) is 0.259. The molecule has 3 atom stereocenters. The Morgan fingerprint density at radius 2 is 1.90 bits per heavy atom. The zero-order chi connectivity index (χ0) is 29.1. The van der Waals surface area contributed by atoms with Crippen LogP contribution in [0.4, 0.5) is 25.4 Å². The number of hydrogen-bond acceptors (Lipinski definition) is 9. The van der Waals surface area contributed by atoms with Gasteiger partial charge in [0.15, 0.2) is 0 Å². The van der Waals surface area contributed by atoms with Crippen LogP contribution >= 0.6 is 27.4 Å². The monoisotopic (exact) mass is 618 g/mol. The van der Waals surface area contributed by atoms with Gasteiger partial charge in [0.05, 0.1) is 30.9 Å². The third-order valence-electron chi connectivity index (χ3n) is 6.29. The molecular formula is C23H27FN3O10P2S+. The predicted octanol–water partition coefficient (Wildman–Crippen LogP) is 2.59. The van der Waals surface area contributed by atoms with Crippen LogP contribution in [0.15, 0.2) is 42.5 Å². The Balaban J connectivity index is 1.28. The van der Waals surface area contributed by atoms with Gasteiger partial charge in [-0.15, -0.1) is 0 Å². The summed E-state index contributed by atoms with van der Waals surface area (Å²) in [6.07, 6.45) is -3.11. The molecule has 2 aliphatic heterocycles. The first-order valence-corrected chi connectivity index (χ1v) is 15.9. The SMILES string of the molecule is O=C(NC[C@H]1CN(c2ccc(N3CCSCC3)c(F)c2)C(=O)O1)Oc1ccc(CC(O)([P+](=O)O)P(=O)(O)O)cc1. The van der Waals surface area contributed by atoms with Crippen molar-refractivity contribution in [3.63, 3.8) is 0 Å². The molecule has 2 saturated heterocycles. The number of carbonyl (C=O) groups is 2. The molecule has 0 aromatic heterocycles. The second kappa shape index (κ2) is 12.4. The Morgan fingerprint density at radius 3 is 2.50 bits per heavy atom. The van der Waals surface area contributed by atoms with Crippen LogP contribution in [0.1, 0.15) is 5.56 Å². The number of nitrogens with zero attached hydrogens (tertiary/aromatic N) is 2. The summed E-state index contributed by atoms with van der Waals surface area (Å²) < 4.78 is 48.0. The minimum Gasteiger partial charge on any atom is -0.442 e. The summed E-state index contributed by atoms with van der Waals surface area (Å²) in [5.41, 5.74) is 0.916. The van der Waals surface area contributed by atoms with Crippen LogP contribution in [0.5, 0.6) is 5.75 Å². The number of carbonyl (C=O) groups excluding carboxylic acids is 2. The molecule has 13 nitrogen and oxygen atoms in total. The summed E-state index contributed by atoms with van der Waals surface area (Å²) in [7, 11) is -8.97. The van der Waals surface area contributed by atoms with Gasteiger partial charge < -0.3 is 34.6 Å². The average Bonchev–Trinajstić information content (AvgIpc) is 3.28. The fourth-order valence-corrected chi connectivity index (χ4v) is 6.64. The zero-order valence-corrected chi connectivity index (χ0v) is 23.5. The van der Waals surface area contributed by atoms with Crippen molar-refractivity contribution >= 4 is 50.9 Å². The van der Waals surface area contributed by atoms with Crippen LogP contribution in [0.25, 0.3) is 0 Å². The maximum Gasteiger partial charge on any atom is 0.555 e. The van der Waals surface area contributed by atoms with Crippen molar-refractivity contribution in [2.75, 3.05) is 47.5 Å². The first kappa shape index (κ1) is 30.2. The number of halogens is 1. The number of anilines is 2. The summed E-state index contributed by atoms with van der Waals surface area (Å²) in [6.45, 7) is 1.46. The van der Waals surface area contributed by atoms with Gasteiger partial charge in [-0.25, -0.2) is 14.0 Å². The van der Waals surface area contributed by atoms with Gasteiger partial charge in [-0.2, -0.15) is 16.7 Å². The Kier molecular flexibility index (Phi) is 9.36. The van der Waals surface area contributed by atoms with E-state index in [-0.39, 0.29) is 24.4 Å². The van der Waals surface area contributed by atoms with E-state index in [1.54, 1.807) is 12.1 Å². The third kappa shape index (κ3) is 6.92. The fraction of sp³-hybridized carbons (Fsp3) is 0.391. The van der Waals surface area contributed by atoms with Crippen LogP contribution in [0, 0.1) is 5.82 Å². The highest BCUT2D eigenvalue weighted by atomic mass is 32.2. The number of hydrogen-bond donors (Lipinski definition) is 5. The highest BCUT2D eigenvalue weighted by molar-refractivity contribution is 7.99. The number of rotatable bonds is 9. The molecule has 0 bridgehead atoms. The van der Waals surface area contributed by atoms with Crippen molar-refractivity contribution in [2.24, 2.45) is 0 Å². The Bertz CT molecular complexity index is 1320. The van der Waals surface area contributed by atoms with E-state index in [4.69, 9.17) is 9.47 Å². The fourth-order valence-electron chi connectivity index (χ4n) is 4.13. The molecule has 40 heavy (non-hydrogen) atoms. The zero-order valence-electron chi connectivity index (χ0n) is 20.9. The second-order valence-corrected chi connectivity index (χ2v) is 13.7. The molecule has 216 valence electrons. The van der Waals surface area contributed by atoms with Crippen LogP contribution < -0.4 is 19.9 Å². The molecule has 2 amide bonds. The lowest BCUT2D eigenvalue weighted by Gasteiger charge is -2.29. The molecule has 0 spiro atoms. The lowest BCUT2D eigenvalue weighted by molar-refractivity contribution is 0.137. The van der Waals surface area contributed by atoms with Gasteiger partial charge in [0.25, 0.3) is 0 Å². The van der Waals surface area contributed by atoms with Crippen molar-refractivity contribution in [1.29, 1.82) is 0 Å². The molecule has 0 aliphatic carbocycles. The molecule has 2 fully saturated rings. The molecule has 0 saturated carbocycles. The smallest absolute Gasteiger partial charge is 0.442 e. The topological polar surface area (TPSA) is 186 Å². The highest BCUT2D eigenvalue weighted by Gasteiger charge is 2.62. The average molecular weight is 618 g/mol. The number of amides is 2. The van der Waals surface area contributed by atoms with Crippen molar-refractivity contribution in [3.8, 4) is 5.75 Å². The minimum absolute atomic E-state index is 0.0299. The predicted molar refractivity (Wildman–Crippen MR) is 145 cm³/mol. The lowest BCUT2D eigenvalue weighted by atomic mass is 10.1. The number of benzene rings is 2. The van der Waals surface area contributed by atoms with Gasteiger partial charge in [-0.1, -0.05) is 12.1 Å². The van der Waals surface area contributed by atoms with E-state index < -0.39 is 51.2 Å². The van der Waals surface area contributed by atoms with E-state index in [1.165, 1.54) is 35.2 Å². The Morgan fingerprint density at radius 1 is 1.23 bits per heavy atom. The lowest BCUT2D eigenvalue weighted by Crippen LogP contribution is -2.36. The molecule has 2 heterocycles. The molecule has 5 N–H and O–H groups in total. The van der Waals surface area contributed by atoms with E-state index in [2.05, 4.69) is 5.32 Å². The van der Waals surface area contributed by atoms with E-state index in [9.17, 15) is 42.9 Å². The van der Waals surface area contributed by atoms with Gasteiger partial charge in [0.1, 0.15) is 17.7 Å². The van der Waals surface area contributed by atoms with Crippen LogP contribution in [-0.4, -0.2) is 80.8 Å². The third-order valence-corrected chi connectivity index (χ3v) is 10.4. The molecule has 17 heteroatoms. The van der Waals surface area contributed by atoms with Crippen molar-refractivity contribution in [3.05, 3.63) is 53.8 Å². The van der Waals surface area contributed by atoms with Gasteiger partial charge in [0.2, 0.25) is 0 Å². The van der Waals surface area contributed by atoms with E-state index in [1.807, 2.05) is 16.7 Å². The molecule has 2 aromatic carbocycles. The first-order valence-electron chi connectivity index (χ1n) is 12.0. The first-order chi connectivity index (χ1) is 18.9. The molecule has 2 unspecified atom stereocenters. The molecule has 2 aromatic rings. The summed E-state index contributed by atoms with van der Waals surface area (Å²) in [4.78, 5) is 55.5. The van der Waals surface area contributed by atoms with Gasteiger partial charge >= 0.3 is 32.9 Å². The molecule has 2 aliphatic rings. The van der Waals surface area contributed by atoms with E-state index >= 15 is 0 Å². The largest absolute Gasteiger partial charge is 0.555 e. The number of nitrogens with one attached hydrogen (secondary N) is 1. The van der Waals surface area contributed by atoms with Crippen molar-refractivity contribution < 1.29 is 52.4 Å². The summed E-state index contributed by atoms with van der Waals surface area (Å²) >= 11 is 1.81. The van der Waals surface area contributed by atoms with Crippen LogP contribution in [-0.2, 0) is 20.3 Å². The van der Waals surface area contributed by atoms with Gasteiger partial charge in [0, 0.05) is 24.6 Å². The van der Waals surface area contributed by atoms with Crippen molar-refractivity contribution in [1.82, 2.24) is 5.32 Å². The highest BCUT2D eigenvalue weighted by Crippen LogP contribution is 2.61. The number of aliphatic hydroxyl groups is 1. The van der Waals surface area contributed by atoms with E-state index in [0.717, 1.165) is 24.6 Å². The molecule has 0 radical (unpaired) electrons. The van der Waals surface area contributed by atoms with Crippen molar-refractivity contribution in [2.45, 2.75) is 17.6 Å². The summed E-state index contributed by atoms with van der Waals surface area (Å²) in [5.74, 6) is 1.42. The second-order valence-electron chi connectivity index (χ2n) is 9.03. The molecular weight excluding hydrogens is 591 g/mol. The van der Waals surface area contributed by atoms with Gasteiger partial charge in [-0.3, -0.25) is 9.46 Å². The Labute approximate surface area is 233 Å². The Hall–Kier alpha value is -2.77. The normalized spacial score (nSPS) is 19.6. The summed E-state index contributed by atoms with van der Waals surface area (Å²) in [6, 6.07) is 9.61. The summed E-state index contributed by atoms with van der Waals surface area (Å²) in [5, 5.41) is 9.30. The number of cyclic esters (lactones) is 1. The minimum atomic E-state index is -5.34. The van der Waals surface area contributed by atoms with Crippen LogP contribution in [0.2, 0.25) is 0 Å². The number of thioether (sulfide) groups is 1. The van der Waals surface area contributed by atoms with Crippen LogP contribution in [0.3, 0.4) is 0 Å². The van der Waals surface area contributed by atoms with Gasteiger partial charge in [-0.05, 0) is 40.5 Å². The maximum atomic E-state index is 14.8. The molecule has 4 rings (SSSR count). The maximum absolute atomic E-state index is 14.8.